The molecule has 1 aliphatic heterocycles. The van der Waals surface area contributed by atoms with E-state index in [-0.39, 0.29) is 11.5 Å². The lowest BCUT2D eigenvalue weighted by atomic mass is 9.94. The molecule has 0 atom stereocenters. The molecule has 43 heavy (non-hydrogen) atoms. The number of benzene rings is 1. The lowest BCUT2D eigenvalue weighted by Crippen LogP contribution is -2.29. The summed E-state index contributed by atoms with van der Waals surface area (Å²) < 4.78 is 1.51. The fourth-order valence-corrected chi connectivity index (χ4v) is 7.08. The smallest absolute Gasteiger partial charge is 0.274 e. The van der Waals surface area contributed by atoms with Gasteiger partial charge in [0, 0.05) is 35.2 Å². The highest BCUT2D eigenvalue weighted by molar-refractivity contribution is 7.14. The highest BCUT2D eigenvalue weighted by Crippen LogP contribution is 2.38. The summed E-state index contributed by atoms with van der Waals surface area (Å²) in [6.45, 7) is 10.4. The first-order valence-electron chi connectivity index (χ1n) is 14.8. The lowest BCUT2D eigenvalue weighted by molar-refractivity contribution is 0.103. The molecule has 4 aromatic rings. The zero-order valence-corrected chi connectivity index (χ0v) is 27.2. The Hall–Kier alpha value is -3.53. The SMILES string of the molecule is CCc1sc(C(=O)Nc2c(C)ccc(-c3cc(Nc4ccc(C5CCN(C)CC5)nn4)c(=O)n(C)c3)c2Cl)cc1C(C)C. The van der Waals surface area contributed by atoms with Crippen molar-refractivity contribution in [2.45, 2.75) is 58.8 Å². The number of halogens is 1. The van der Waals surface area contributed by atoms with Gasteiger partial charge in [0.15, 0.2) is 5.82 Å². The van der Waals surface area contributed by atoms with E-state index in [0.717, 1.165) is 49.2 Å². The third-order valence-corrected chi connectivity index (χ3v) is 9.86. The summed E-state index contributed by atoms with van der Waals surface area (Å²) >= 11 is 8.48. The third kappa shape index (κ3) is 6.69. The van der Waals surface area contributed by atoms with Crippen molar-refractivity contribution in [1.29, 1.82) is 0 Å². The Morgan fingerprint density at radius 3 is 2.49 bits per heavy atom. The Bertz CT molecular complexity index is 1690. The molecular formula is C33H39ClN6O2S. The predicted octanol–water partition coefficient (Wildman–Crippen LogP) is 7.36. The molecule has 1 aromatic carbocycles. The van der Waals surface area contributed by atoms with Gasteiger partial charge in [-0.2, -0.15) is 5.10 Å². The van der Waals surface area contributed by atoms with Crippen LogP contribution in [0, 0.1) is 6.92 Å². The number of carbonyl (C=O) groups is 1. The molecule has 8 nitrogen and oxygen atoms in total. The molecule has 2 N–H and O–H groups in total. The summed E-state index contributed by atoms with van der Waals surface area (Å²) in [5, 5.41) is 15.5. The minimum absolute atomic E-state index is 0.182. The van der Waals surface area contributed by atoms with Crippen molar-refractivity contribution >= 4 is 46.0 Å². The number of thiophene rings is 1. The highest BCUT2D eigenvalue weighted by atomic mass is 35.5. The second-order valence-corrected chi connectivity index (χ2v) is 13.2. The van der Waals surface area contributed by atoms with Crippen LogP contribution in [0.1, 0.15) is 76.8 Å². The molecule has 226 valence electrons. The van der Waals surface area contributed by atoms with Gasteiger partial charge < -0.3 is 20.1 Å². The number of nitrogens with zero attached hydrogens (tertiary/aromatic N) is 4. The lowest BCUT2D eigenvalue weighted by Gasteiger charge is -2.28. The van der Waals surface area contributed by atoms with Crippen molar-refractivity contribution in [1.82, 2.24) is 19.7 Å². The van der Waals surface area contributed by atoms with Gasteiger partial charge in [-0.1, -0.05) is 44.5 Å². The number of amides is 1. The topological polar surface area (TPSA) is 92.2 Å². The van der Waals surface area contributed by atoms with Gasteiger partial charge in [0.05, 0.1) is 21.3 Å². The van der Waals surface area contributed by atoms with Gasteiger partial charge in [-0.25, -0.2) is 0 Å². The van der Waals surface area contributed by atoms with E-state index in [0.29, 0.717) is 44.5 Å². The maximum atomic E-state index is 13.3. The minimum Gasteiger partial charge on any atom is -0.334 e. The fraction of sp³-hybridized carbons (Fsp3) is 0.394. The number of hydrogen-bond acceptors (Lipinski definition) is 7. The molecule has 0 radical (unpaired) electrons. The Morgan fingerprint density at radius 2 is 1.86 bits per heavy atom. The van der Waals surface area contributed by atoms with E-state index in [2.05, 4.69) is 53.5 Å². The maximum Gasteiger partial charge on any atom is 0.274 e. The van der Waals surface area contributed by atoms with Gasteiger partial charge in [-0.05, 0) is 87.6 Å². The summed E-state index contributed by atoms with van der Waals surface area (Å²) in [5.41, 5.74) is 5.18. The highest BCUT2D eigenvalue weighted by Gasteiger charge is 2.21. The Balaban J connectivity index is 1.40. The number of piperidine rings is 1. The standard InChI is InChI=1S/C33H39ClN6O2S/c1-7-27-24(19(2)3)17-28(43-27)32(41)36-31-20(4)8-9-23(30(31)34)22-16-26(33(42)40(6)18-22)35-29-11-10-25(37-38-29)21-12-14-39(5)15-13-21/h8-11,16-19,21H,7,12-15H2,1-6H3,(H,35,38)(H,36,41). The first kappa shape index (κ1) is 30.9. The Kier molecular flexibility index (Phi) is 9.34. The van der Waals surface area contributed by atoms with Crippen molar-refractivity contribution < 1.29 is 4.79 Å². The quantitative estimate of drug-likeness (QED) is 0.214. The van der Waals surface area contributed by atoms with E-state index in [1.54, 1.807) is 19.3 Å². The second-order valence-electron chi connectivity index (χ2n) is 11.7. The number of carbonyl (C=O) groups excluding carboxylic acids is 1. The van der Waals surface area contributed by atoms with Crippen LogP contribution >= 0.6 is 22.9 Å². The van der Waals surface area contributed by atoms with Gasteiger partial charge in [0.1, 0.15) is 5.69 Å². The summed E-state index contributed by atoms with van der Waals surface area (Å²) in [6, 6.07) is 11.5. The summed E-state index contributed by atoms with van der Waals surface area (Å²) in [4.78, 5) is 30.6. The Morgan fingerprint density at radius 1 is 1.12 bits per heavy atom. The maximum absolute atomic E-state index is 13.3. The van der Waals surface area contributed by atoms with Crippen LogP contribution in [-0.2, 0) is 13.5 Å². The van der Waals surface area contributed by atoms with Crippen molar-refractivity contribution in [3.63, 3.8) is 0 Å². The van der Waals surface area contributed by atoms with Crippen LogP contribution in [0.25, 0.3) is 11.1 Å². The molecular weight excluding hydrogens is 580 g/mol. The average Bonchev–Trinajstić information content (AvgIpc) is 3.44. The van der Waals surface area contributed by atoms with Crippen molar-refractivity contribution in [2.24, 2.45) is 7.05 Å². The van der Waals surface area contributed by atoms with Crippen molar-refractivity contribution in [2.75, 3.05) is 30.8 Å². The first-order valence-corrected chi connectivity index (χ1v) is 16.0. The monoisotopic (exact) mass is 618 g/mol. The molecule has 1 aliphatic rings. The Labute approximate surface area is 262 Å². The summed E-state index contributed by atoms with van der Waals surface area (Å²) in [6.07, 6.45) is 4.75. The predicted molar refractivity (Wildman–Crippen MR) is 177 cm³/mol. The largest absolute Gasteiger partial charge is 0.334 e. The van der Waals surface area contributed by atoms with E-state index >= 15 is 0 Å². The molecule has 0 aliphatic carbocycles. The van der Waals surface area contributed by atoms with Gasteiger partial charge in [-0.15, -0.1) is 16.4 Å². The van der Waals surface area contributed by atoms with Crippen LogP contribution in [-0.4, -0.2) is 45.7 Å². The number of anilines is 3. The molecule has 0 spiro atoms. The molecule has 0 bridgehead atoms. The fourth-order valence-electron chi connectivity index (χ4n) is 5.56. The van der Waals surface area contributed by atoms with Crippen molar-refractivity contribution in [3.8, 4) is 11.1 Å². The molecule has 0 saturated carbocycles. The third-order valence-electron chi connectivity index (χ3n) is 8.18. The normalized spacial score (nSPS) is 14.3. The summed E-state index contributed by atoms with van der Waals surface area (Å²) in [5.74, 6) is 1.06. The number of likely N-dealkylation sites (tertiary alicyclic amines) is 1. The molecule has 1 saturated heterocycles. The van der Waals surface area contributed by atoms with E-state index in [1.807, 2.05) is 37.3 Å². The number of nitrogens with one attached hydrogen (secondary N) is 2. The number of aryl methyl sites for hydroxylation is 3. The van der Waals surface area contributed by atoms with Crippen LogP contribution in [0.3, 0.4) is 0 Å². The zero-order valence-electron chi connectivity index (χ0n) is 25.6. The zero-order chi connectivity index (χ0) is 30.8. The van der Waals surface area contributed by atoms with E-state index in [4.69, 9.17) is 11.6 Å². The van der Waals surface area contributed by atoms with E-state index < -0.39 is 0 Å². The average molecular weight is 619 g/mol. The number of aromatic nitrogens is 3. The van der Waals surface area contributed by atoms with Crippen molar-refractivity contribution in [3.05, 3.63) is 84.5 Å². The number of pyridine rings is 1. The molecule has 10 heteroatoms. The molecule has 5 rings (SSSR count). The number of hydrogen-bond donors (Lipinski definition) is 2. The molecule has 4 heterocycles. The number of rotatable bonds is 8. The van der Waals surface area contributed by atoms with Crippen LogP contribution in [0.4, 0.5) is 17.2 Å². The summed E-state index contributed by atoms with van der Waals surface area (Å²) in [7, 11) is 3.84. The second kappa shape index (κ2) is 13.0. The van der Waals surface area contributed by atoms with Gasteiger partial charge in [-0.3, -0.25) is 9.59 Å². The first-order chi connectivity index (χ1) is 20.5. The molecule has 1 fully saturated rings. The van der Waals surface area contributed by atoms with Crippen LogP contribution in [0.15, 0.2) is 47.4 Å². The van der Waals surface area contributed by atoms with Crippen LogP contribution in [0.5, 0.6) is 0 Å². The van der Waals surface area contributed by atoms with Gasteiger partial charge >= 0.3 is 0 Å². The van der Waals surface area contributed by atoms with Gasteiger partial charge in [0.25, 0.3) is 11.5 Å². The molecule has 0 unspecified atom stereocenters. The molecule has 3 aromatic heterocycles. The van der Waals surface area contributed by atoms with Crippen LogP contribution in [0.2, 0.25) is 5.02 Å². The minimum atomic E-state index is -0.202. The van der Waals surface area contributed by atoms with Crippen LogP contribution < -0.4 is 16.2 Å². The van der Waals surface area contributed by atoms with E-state index in [1.165, 1.54) is 26.3 Å². The van der Waals surface area contributed by atoms with Gasteiger partial charge in [0.2, 0.25) is 0 Å². The molecule has 1 amide bonds. The van der Waals surface area contributed by atoms with E-state index in [9.17, 15) is 9.59 Å².